The van der Waals surface area contributed by atoms with E-state index in [0.717, 1.165) is 72.1 Å². The van der Waals surface area contributed by atoms with E-state index in [1.165, 1.54) is 29.5 Å². The van der Waals surface area contributed by atoms with Crippen LogP contribution in [0.2, 0.25) is 0 Å². The van der Waals surface area contributed by atoms with Gasteiger partial charge in [0.25, 0.3) is 0 Å². The van der Waals surface area contributed by atoms with Gasteiger partial charge in [-0.15, -0.1) is 0 Å². The Hall–Kier alpha value is -3.08. The number of hydrogen-bond acceptors (Lipinski definition) is 5. The molecule has 3 aromatic rings. The Balaban J connectivity index is 1.75. The van der Waals surface area contributed by atoms with Gasteiger partial charge in [0.15, 0.2) is 0 Å². The normalized spacial score (nSPS) is 13.8. The molecule has 4 rings (SSSR count). The van der Waals surface area contributed by atoms with Gasteiger partial charge in [0.1, 0.15) is 17.3 Å². The summed E-state index contributed by atoms with van der Waals surface area (Å²) in [7, 11) is 3.46. The highest BCUT2D eigenvalue weighted by atomic mass is 16.5. The van der Waals surface area contributed by atoms with Crippen molar-refractivity contribution in [3.8, 4) is 22.8 Å². The van der Waals surface area contributed by atoms with Gasteiger partial charge in [-0.3, -0.25) is 0 Å². The maximum Gasteiger partial charge on any atom is 0.148 e. The lowest BCUT2D eigenvalue weighted by atomic mass is 9.89. The molecule has 5 nitrogen and oxygen atoms in total. The van der Waals surface area contributed by atoms with Gasteiger partial charge in [0, 0.05) is 5.56 Å². The fraction of sp³-hybridized carbons (Fsp3) is 0.448. The quantitative estimate of drug-likeness (QED) is 0.384. The van der Waals surface area contributed by atoms with Gasteiger partial charge >= 0.3 is 0 Å². The number of hydrogen-bond donors (Lipinski definition) is 1. The number of nitrogens with zero attached hydrogens (tertiary/aromatic N) is 2. The zero-order chi connectivity index (χ0) is 24.1. The summed E-state index contributed by atoms with van der Waals surface area (Å²) < 4.78 is 11.3. The van der Waals surface area contributed by atoms with Gasteiger partial charge in [-0.05, 0) is 85.9 Å². The van der Waals surface area contributed by atoms with E-state index >= 15 is 0 Å². The van der Waals surface area contributed by atoms with E-state index < -0.39 is 0 Å². The van der Waals surface area contributed by atoms with Crippen molar-refractivity contribution in [1.82, 2.24) is 9.97 Å². The third kappa shape index (κ3) is 4.89. The average Bonchev–Trinajstić information content (AvgIpc) is 2.90. The van der Waals surface area contributed by atoms with Crippen LogP contribution in [0.1, 0.15) is 74.2 Å². The Morgan fingerprint density at radius 1 is 0.882 bits per heavy atom. The number of aromatic nitrogens is 2. The van der Waals surface area contributed by atoms with Crippen molar-refractivity contribution < 1.29 is 9.47 Å². The fourth-order valence-electron chi connectivity index (χ4n) is 4.89. The van der Waals surface area contributed by atoms with E-state index in [2.05, 4.69) is 50.4 Å². The Morgan fingerprint density at radius 3 is 2.26 bits per heavy atom. The maximum absolute atomic E-state index is 5.84. The molecule has 0 aliphatic heterocycles. The van der Waals surface area contributed by atoms with E-state index in [0.29, 0.717) is 0 Å². The van der Waals surface area contributed by atoms with Gasteiger partial charge < -0.3 is 14.8 Å². The largest absolute Gasteiger partial charge is 0.497 e. The van der Waals surface area contributed by atoms with Gasteiger partial charge in [-0.2, -0.15) is 0 Å². The molecule has 0 amide bonds. The summed E-state index contributed by atoms with van der Waals surface area (Å²) in [5.41, 5.74) is 8.01. The molecule has 0 saturated heterocycles. The zero-order valence-corrected chi connectivity index (χ0v) is 21.2. The molecule has 5 heteroatoms. The first kappa shape index (κ1) is 24.1. The third-order valence-corrected chi connectivity index (χ3v) is 6.84. The zero-order valence-electron chi connectivity index (χ0n) is 21.2. The van der Waals surface area contributed by atoms with Gasteiger partial charge in [-0.25, -0.2) is 9.97 Å². The molecule has 1 unspecified atom stereocenters. The first-order valence-corrected chi connectivity index (χ1v) is 12.6. The van der Waals surface area contributed by atoms with Crippen molar-refractivity contribution in [2.75, 3.05) is 19.5 Å². The highest BCUT2D eigenvalue weighted by Gasteiger charge is 2.21. The van der Waals surface area contributed by atoms with Crippen molar-refractivity contribution >= 4 is 5.82 Å². The Morgan fingerprint density at radius 2 is 1.62 bits per heavy atom. The lowest BCUT2D eigenvalue weighted by molar-refractivity contribution is 0.414. The van der Waals surface area contributed by atoms with Crippen LogP contribution in [0.5, 0.6) is 11.5 Å². The number of rotatable bonds is 9. The molecule has 2 aromatic carbocycles. The molecule has 1 aliphatic rings. The third-order valence-electron chi connectivity index (χ3n) is 6.84. The minimum atomic E-state index is 0.128. The molecule has 0 radical (unpaired) electrons. The molecule has 0 saturated carbocycles. The van der Waals surface area contributed by atoms with Crippen molar-refractivity contribution in [1.29, 1.82) is 0 Å². The number of benzene rings is 2. The number of methoxy groups -OCH3 is 2. The molecule has 180 valence electrons. The van der Waals surface area contributed by atoms with Crippen LogP contribution in [0.15, 0.2) is 36.4 Å². The first-order valence-electron chi connectivity index (χ1n) is 12.6. The highest BCUT2D eigenvalue weighted by molar-refractivity contribution is 5.72. The Bertz CT molecular complexity index is 1140. The van der Waals surface area contributed by atoms with E-state index in [-0.39, 0.29) is 6.04 Å². The molecule has 1 aliphatic carbocycles. The van der Waals surface area contributed by atoms with E-state index in [4.69, 9.17) is 19.4 Å². The topological polar surface area (TPSA) is 56.3 Å². The number of anilines is 1. The summed E-state index contributed by atoms with van der Waals surface area (Å²) in [6, 6.07) is 12.9. The van der Waals surface area contributed by atoms with E-state index in [9.17, 15) is 0 Å². The summed E-state index contributed by atoms with van der Waals surface area (Å²) in [6.07, 6.45) is 7.29. The fourth-order valence-corrected chi connectivity index (χ4v) is 4.89. The Labute approximate surface area is 204 Å². The molecule has 1 aromatic heterocycles. The molecule has 0 bridgehead atoms. The smallest absolute Gasteiger partial charge is 0.148 e. The average molecular weight is 460 g/mol. The molecule has 1 atom stereocenters. The number of nitrogens with one attached hydrogen (secondary N) is 1. The molecule has 34 heavy (non-hydrogen) atoms. The second-order valence-corrected chi connectivity index (χ2v) is 8.93. The second kappa shape index (κ2) is 10.9. The van der Waals surface area contributed by atoms with Crippen LogP contribution in [0.4, 0.5) is 5.82 Å². The number of aryl methyl sites for hydroxylation is 4. The minimum Gasteiger partial charge on any atom is -0.497 e. The van der Waals surface area contributed by atoms with Crippen molar-refractivity contribution in [2.45, 2.75) is 71.8 Å². The standard InChI is InChI=1S/C29H37N3O2/c1-6-24(21-14-11-15-22(16-21)33-4)31-29-26(8-3)30-28(25(7-2)32-29)23-17-19-12-9-10-13-20(19)18-27(23)34-5/h11,14-18,24H,6-10,12-13H2,1-5H3,(H,31,32). The first-order chi connectivity index (χ1) is 16.6. The van der Waals surface area contributed by atoms with Crippen LogP contribution in [-0.2, 0) is 25.7 Å². The van der Waals surface area contributed by atoms with Gasteiger partial charge in [0.05, 0.1) is 37.3 Å². The van der Waals surface area contributed by atoms with Gasteiger partial charge in [-0.1, -0.05) is 32.9 Å². The highest BCUT2D eigenvalue weighted by Crippen LogP contribution is 2.37. The lowest BCUT2D eigenvalue weighted by Gasteiger charge is -2.23. The van der Waals surface area contributed by atoms with Crippen LogP contribution in [0.3, 0.4) is 0 Å². The van der Waals surface area contributed by atoms with Crippen LogP contribution >= 0.6 is 0 Å². The number of fused-ring (bicyclic) bond motifs is 1. The molecule has 0 spiro atoms. The van der Waals surface area contributed by atoms with Crippen LogP contribution < -0.4 is 14.8 Å². The van der Waals surface area contributed by atoms with Crippen LogP contribution in [0.25, 0.3) is 11.3 Å². The maximum atomic E-state index is 5.84. The second-order valence-electron chi connectivity index (χ2n) is 8.93. The van der Waals surface area contributed by atoms with Crippen molar-refractivity contribution in [3.63, 3.8) is 0 Å². The summed E-state index contributed by atoms with van der Waals surface area (Å²) in [4.78, 5) is 10.3. The van der Waals surface area contributed by atoms with Crippen LogP contribution in [-0.4, -0.2) is 24.2 Å². The summed E-state index contributed by atoms with van der Waals surface area (Å²) in [6.45, 7) is 6.47. The predicted octanol–water partition coefficient (Wildman–Crippen LogP) is 6.73. The lowest BCUT2D eigenvalue weighted by Crippen LogP contribution is -2.15. The van der Waals surface area contributed by atoms with E-state index in [1.807, 2.05) is 12.1 Å². The molecule has 1 N–H and O–H groups in total. The van der Waals surface area contributed by atoms with Crippen molar-refractivity contribution in [3.05, 3.63) is 64.5 Å². The Kier molecular flexibility index (Phi) is 7.71. The SMILES string of the molecule is CCc1nc(-c2cc3c(cc2OC)CCCC3)c(CC)nc1NC(CC)c1cccc(OC)c1. The molecular weight excluding hydrogens is 422 g/mol. The predicted molar refractivity (Wildman–Crippen MR) is 139 cm³/mol. The monoisotopic (exact) mass is 459 g/mol. The summed E-state index contributed by atoms with van der Waals surface area (Å²) in [5, 5.41) is 3.69. The minimum absolute atomic E-state index is 0.128. The summed E-state index contributed by atoms with van der Waals surface area (Å²) >= 11 is 0. The van der Waals surface area contributed by atoms with Crippen LogP contribution in [0, 0.1) is 0 Å². The van der Waals surface area contributed by atoms with E-state index in [1.54, 1.807) is 14.2 Å². The van der Waals surface area contributed by atoms with Gasteiger partial charge in [0.2, 0.25) is 0 Å². The molecular formula is C29H37N3O2. The summed E-state index contributed by atoms with van der Waals surface area (Å²) in [5.74, 6) is 2.63. The van der Waals surface area contributed by atoms with Crippen molar-refractivity contribution in [2.24, 2.45) is 0 Å². The molecule has 1 heterocycles. The molecule has 0 fully saturated rings. The number of ether oxygens (including phenoxy) is 2.